The maximum Gasteiger partial charge on any atom is 0.222 e. The monoisotopic (exact) mass is 260 g/mol. The molecule has 0 aliphatic carbocycles. The molecule has 0 aliphatic heterocycles. The average Bonchev–Trinajstić information content (AvgIpc) is 2.05. The summed E-state index contributed by atoms with van der Waals surface area (Å²) in [7, 11) is 0. The zero-order valence-corrected chi connectivity index (χ0v) is 8.46. The second kappa shape index (κ2) is 3.85. The first-order chi connectivity index (χ1) is 5.24. The Bertz CT molecular complexity index is 251. The molecule has 0 amide bonds. The Morgan fingerprint density at radius 3 is 2.27 bits per heavy atom. The zero-order valence-electron chi connectivity index (χ0n) is 6.30. The Kier molecular flexibility index (Phi) is 3.05. The second-order valence-corrected chi connectivity index (χ2v) is 3.30. The van der Waals surface area contributed by atoms with Gasteiger partial charge in [0.25, 0.3) is 0 Å². The maximum absolute atomic E-state index is 10.8. The minimum absolute atomic E-state index is 0.102. The second-order valence-electron chi connectivity index (χ2n) is 2.32. The molecule has 0 radical (unpaired) electrons. The van der Waals surface area contributed by atoms with E-state index in [-0.39, 0.29) is 3.79 Å². The van der Waals surface area contributed by atoms with Gasteiger partial charge in [-0.1, -0.05) is 31.2 Å². The molecular weight excluding hydrogens is 251 g/mol. The molecule has 0 fully saturated rings. The summed E-state index contributed by atoms with van der Waals surface area (Å²) in [5.41, 5.74) is 2.05. The average molecular weight is 260 g/mol. The lowest BCUT2D eigenvalue weighted by Crippen LogP contribution is -1.87. The standard InChI is InChI=1S/C9H9IO/c1-2-7-3-5-8(6-4-7)9(10)11/h3-6H,2H2,1H3. The van der Waals surface area contributed by atoms with Crippen LogP contribution in [0.2, 0.25) is 0 Å². The van der Waals surface area contributed by atoms with Crippen molar-refractivity contribution in [3.63, 3.8) is 0 Å². The molecule has 58 valence electrons. The fourth-order valence-corrected chi connectivity index (χ4v) is 1.23. The van der Waals surface area contributed by atoms with Gasteiger partial charge in [-0.05, 0) is 12.0 Å². The van der Waals surface area contributed by atoms with E-state index in [9.17, 15) is 4.79 Å². The number of hydrogen-bond acceptors (Lipinski definition) is 1. The predicted octanol–water partition coefficient (Wildman–Crippen LogP) is 2.82. The minimum atomic E-state index is 0.102. The van der Waals surface area contributed by atoms with Gasteiger partial charge >= 0.3 is 0 Å². The lowest BCUT2D eigenvalue weighted by atomic mass is 10.1. The van der Waals surface area contributed by atoms with Crippen molar-refractivity contribution in [2.45, 2.75) is 13.3 Å². The van der Waals surface area contributed by atoms with Crippen molar-refractivity contribution < 1.29 is 4.79 Å². The van der Waals surface area contributed by atoms with Crippen LogP contribution in [0.15, 0.2) is 24.3 Å². The van der Waals surface area contributed by atoms with Crippen LogP contribution in [-0.4, -0.2) is 3.79 Å². The Labute approximate surface area is 79.9 Å². The molecule has 0 N–H and O–H groups in total. The van der Waals surface area contributed by atoms with E-state index >= 15 is 0 Å². The van der Waals surface area contributed by atoms with Gasteiger partial charge in [0.2, 0.25) is 3.79 Å². The SMILES string of the molecule is CCc1ccc(C(=O)I)cc1. The van der Waals surface area contributed by atoms with Gasteiger partial charge in [-0.2, -0.15) is 0 Å². The van der Waals surface area contributed by atoms with Gasteiger partial charge in [-0.3, -0.25) is 4.79 Å². The van der Waals surface area contributed by atoms with E-state index < -0.39 is 0 Å². The van der Waals surface area contributed by atoms with Crippen LogP contribution in [0.3, 0.4) is 0 Å². The van der Waals surface area contributed by atoms with Crippen LogP contribution < -0.4 is 0 Å². The van der Waals surface area contributed by atoms with E-state index in [0.29, 0.717) is 0 Å². The van der Waals surface area contributed by atoms with Gasteiger partial charge < -0.3 is 0 Å². The molecule has 11 heavy (non-hydrogen) atoms. The molecule has 1 nitrogen and oxygen atoms in total. The molecule has 1 aromatic carbocycles. The highest BCUT2D eigenvalue weighted by Crippen LogP contribution is 2.08. The molecule has 1 aromatic rings. The lowest BCUT2D eigenvalue weighted by Gasteiger charge is -1.96. The Morgan fingerprint density at radius 1 is 1.36 bits per heavy atom. The van der Waals surface area contributed by atoms with Crippen molar-refractivity contribution in [1.29, 1.82) is 0 Å². The first-order valence-electron chi connectivity index (χ1n) is 3.53. The molecular formula is C9H9IO. The van der Waals surface area contributed by atoms with E-state index in [2.05, 4.69) is 6.92 Å². The number of rotatable bonds is 2. The van der Waals surface area contributed by atoms with Gasteiger partial charge in [-0.25, -0.2) is 0 Å². The summed E-state index contributed by atoms with van der Waals surface area (Å²) in [6, 6.07) is 7.72. The van der Waals surface area contributed by atoms with Crippen LogP contribution in [0.25, 0.3) is 0 Å². The first-order valence-corrected chi connectivity index (χ1v) is 4.60. The Morgan fingerprint density at radius 2 is 1.91 bits per heavy atom. The van der Waals surface area contributed by atoms with Crippen LogP contribution in [0.4, 0.5) is 0 Å². The predicted molar refractivity (Wildman–Crippen MR) is 54.2 cm³/mol. The number of carbonyl (C=O) groups excluding carboxylic acids is 1. The molecule has 0 unspecified atom stereocenters. The van der Waals surface area contributed by atoms with Crippen molar-refractivity contribution in [3.8, 4) is 0 Å². The fraction of sp³-hybridized carbons (Fsp3) is 0.222. The molecule has 0 atom stereocenters. The number of carbonyl (C=O) groups is 1. The van der Waals surface area contributed by atoms with Crippen LogP contribution >= 0.6 is 22.6 Å². The molecule has 1 rings (SSSR count). The van der Waals surface area contributed by atoms with Crippen molar-refractivity contribution in [3.05, 3.63) is 35.4 Å². The molecule has 0 heterocycles. The molecule has 0 bridgehead atoms. The Balaban J connectivity index is 2.91. The summed E-state index contributed by atoms with van der Waals surface area (Å²) in [5, 5.41) is 0. The highest BCUT2D eigenvalue weighted by Gasteiger charge is 1.98. The molecule has 2 heteroatoms. The highest BCUT2D eigenvalue weighted by molar-refractivity contribution is 14.1. The highest BCUT2D eigenvalue weighted by atomic mass is 127. The van der Waals surface area contributed by atoms with E-state index in [1.807, 2.05) is 24.3 Å². The molecule has 0 saturated heterocycles. The summed E-state index contributed by atoms with van der Waals surface area (Å²) >= 11 is 1.79. The van der Waals surface area contributed by atoms with Crippen LogP contribution in [0.5, 0.6) is 0 Å². The number of benzene rings is 1. The topological polar surface area (TPSA) is 17.1 Å². The summed E-state index contributed by atoms with van der Waals surface area (Å²) in [5.74, 6) is 0. The quantitative estimate of drug-likeness (QED) is 0.590. The van der Waals surface area contributed by atoms with Gasteiger partial charge in [0.1, 0.15) is 0 Å². The lowest BCUT2D eigenvalue weighted by molar-refractivity contribution is 0.110. The van der Waals surface area contributed by atoms with E-state index in [4.69, 9.17) is 0 Å². The van der Waals surface area contributed by atoms with Crippen molar-refractivity contribution in [2.75, 3.05) is 0 Å². The summed E-state index contributed by atoms with van der Waals surface area (Å²) < 4.78 is 0.102. The van der Waals surface area contributed by atoms with Crippen LogP contribution in [0.1, 0.15) is 22.8 Å². The van der Waals surface area contributed by atoms with Gasteiger partial charge in [0.05, 0.1) is 0 Å². The fourth-order valence-electron chi connectivity index (χ4n) is 0.871. The first kappa shape index (κ1) is 8.71. The normalized spacial score (nSPS) is 9.64. The van der Waals surface area contributed by atoms with Crippen LogP contribution in [0, 0.1) is 0 Å². The Hall–Kier alpha value is -0.380. The van der Waals surface area contributed by atoms with E-state index in [1.54, 1.807) is 22.6 Å². The number of aryl methyl sites for hydroxylation is 1. The van der Waals surface area contributed by atoms with Crippen molar-refractivity contribution in [1.82, 2.24) is 0 Å². The molecule has 0 aliphatic rings. The summed E-state index contributed by atoms with van der Waals surface area (Å²) in [6.45, 7) is 2.10. The summed E-state index contributed by atoms with van der Waals surface area (Å²) in [4.78, 5) is 10.8. The molecule has 0 aromatic heterocycles. The van der Waals surface area contributed by atoms with Gasteiger partial charge in [0, 0.05) is 28.2 Å². The van der Waals surface area contributed by atoms with Gasteiger partial charge in [0.15, 0.2) is 0 Å². The maximum atomic E-state index is 10.8. The molecule has 0 spiro atoms. The number of hydrogen-bond donors (Lipinski definition) is 0. The largest absolute Gasteiger partial charge is 0.282 e. The third kappa shape index (κ3) is 2.29. The van der Waals surface area contributed by atoms with Crippen molar-refractivity contribution in [2.24, 2.45) is 0 Å². The third-order valence-corrected chi connectivity index (χ3v) is 2.21. The van der Waals surface area contributed by atoms with Crippen molar-refractivity contribution >= 4 is 26.4 Å². The van der Waals surface area contributed by atoms with E-state index in [0.717, 1.165) is 12.0 Å². The van der Waals surface area contributed by atoms with Gasteiger partial charge in [-0.15, -0.1) is 0 Å². The smallest absolute Gasteiger partial charge is 0.222 e. The summed E-state index contributed by atoms with van der Waals surface area (Å²) in [6.07, 6.45) is 1.02. The molecule has 0 saturated carbocycles. The minimum Gasteiger partial charge on any atom is -0.282 e. The number of halogens is 1. The van der Waals surface area contributed by atoms with Crippen LogP contribution in [-0.2, 0) is 6.42 Å². The zero-order chi connectivity index (χ0) is 8.27. The third-order valence-electron chi connectivity index (χ3n) is 1.59. The van der Waals surface area contributed by atoms with E-state index in [1.165, 1.54) is 5.56 Å².